The van der Waals surface area contributed by atoms with Crippen LogP contribution in [0.15, 0.2) is 0 Å². The minimum absolute atomic E-state index is 0.283. The predicted molar refractivity (Wildman–Crippen MR) is 109 cm³/mol. The van der Waals surface area contributed by atoms with E-state index in [1.54, 1.807) is 0 Å². The lowest BCUT2D eigenvalue weighted by Crippen LogP contribution is -2.09. The molecule has 0 saturated heterocycles. The largest absolute Gasteiger partial charge is 0.251 e. The van der Waals surface area contributed by atoms with Gasteiger partial charge in [0.25, 0.3) is 0 Å². The van der Waals surface area contributed by atoms with E-state index >= 15 is 0 Å². The smallest absolute Gasteiger partial charge is 0.0973 e. The van der Waals surface area contributed by atoms with E-state index in [1.165, 1.54) is 18.5 Å². The summed E-state index contributed by atoms with van der Waals surface area (Å²) >= 11 is 0. The average Bonchev–Trinajstić information content (AvgIpc) is 2.59. The highest BCUT2D eigenvalue weighted by atomic mass is 28.2. The van der Waals surface area contributed by atoms with Crippen LogP contribution in [0, 0.1) is 5.92 Å². The molecule has 3 unspecified atom stereocenters. The molecule has 152 valence electrons. The van der Waals surface area contributed by atoms with Gasteiger partial charge in [0.05, 0.1) is 25.7 Å². The molecule has 0 N–H and O–H groups in total. The van der Waals surface area contributed by atoms with Crippen molar-refractivity contribution >= 4 is 19.0 Å². The summed E-state index contributed by atoms with van der Waals surface area (Å²) in [7, 11) is -0.640. The molecule has 0 spiro atoms. The van der Waals surface area contributed by atoms with E-state index in [-0.39, 0.29) is 32.4 Å². The topological polar surface area (TPSA) is 0 Å². The zero-order valence-corrected chi connectivity index (χ0v) is 19.1. The Morgan fingerprint density at radius 3 is 1.68 bits per heavy atom. The molecular formula is C19H40F4Si2. The molecule has 0 bridgehead atoms. The van der Waals surface area contributed by atoms with Gasteiger partial charge in [-0.25, -0.2) is 8.78 Å². The highest BCUT2D eigenvalue weighted by Gasteiger charge is 2.10. The van der Waals surface area contributed by atoms with Gasteiger partial charge < -0.3 is 0 Å². The molecule has 3 atom stereocenters. The molecule has 0 radical (unpaired) electrons. The third-order valence-corrected chi connectivity index (χ3v) is 9.35. The standard InChI is InChI=1S/C19H40F4Si2/c1-17(14-25-16-19(23)9-5-3-7-12-21)10-13-24-15-18(22)8-4-2-6-11-20/h17-19H,2-16,24-25H2,1H3. The molecule has 0 nitrogen and oxygen atoms in total. The zero-order chi connectivity index (χ0) is 18.8. The summed E-state index contributed by atoms with van der Waals surface area (Å²) < 4.78 is 51.3. The molecule has 0 aromatic rings. The lowest BCUT2D eigenvalue weighted by atomic mass is 10.1. The molecule has 0 rings (SSSR count). The van der Waals surface area contributed by atoms with Gasteiger partial charge in [-0.1, -0.05) is 51.1 Å². The zero-order valence-electron chi connectivity index (χ0n) is 16.3. The Hall–Kier alpha value is 0.154. The van der Waals surface area contributed by atoms with Crippen molar-refractivity contribution < 1.29 is 17.6 Å². The van der Waals surface area contributed by atoms with Gasteiger partial charge in [0.2, 0.25) is 0 Å². The first-order chi connectivity index (χ1) is 12.1. The van der Waals surface area contributed by atoms with E-state index in [0.717, 1.165) is 37.8 Å². The lowest BCUT2D eigenvalue weighted by Gasteiger charge is -2.13. The molecule has 25 heavy (non-hydrogen) atoms. The van der Waals surface area contributed by atoms with E-state index in [2.05, 4.69) is 6.92 Å². The van der Waals surface area contributed by atoms with Crippen LogP contribution in [0.3, 0.4) is 0 Å². The van der Waals surface area contributed by atoms with Crippen molar-refractivity contribution in [3.05, 3.63) is 0 Å². The fourth-order valence-corrected chi connectivity index (χ4v) is 7.21. The second-order valence-corrected chi connectivity index (χ2v) is 11.4. The monoisotopic (exact) mass is 400 g/mol. The van der Waals surface area contributed by atoms with Gasteiger partial charge >= 0.3 is 0 Å². The fourth-order valence-electron chi connectivity index (χ4n) is 3.25. The Kier molecular flexibility index (Phi) is 19.0. The van der Waals surface area contributed by atoms with Crippen LogP contribution in [0.1, 0.15) is 64.7 Å². The van der Waals surface area contributed by atoms with E-state index in [9.17, 15) is 17.6 Å². The highest BCUT2D eigenvalue weighted by Crippen LogP contribution is 2.17. The van der Waals surface area contributed by atoms with E-state index in [1.807, 2.05) is 0 Å². The maximum Gasteiger partial charge on any atom is 0.0973 e. The Balaban J connectivity index is 3.41. The van der Waals surface area contributed by atoms with Crippen LogP contribution in [-0.2, 0) is 0 Å². The van der Waals surface area contributed by atoms with E-state index in [0.29, 0.717) is 31.6 Å². The average molecular weight is 401 g/mol. The minimum atomic E-state index is -0.669. The van der Waals surface area contributed by atoms with Crippen LogP contribution in [0.5, 0.6) is 0 Å². The van der Waals surface area contributed by atoms with Gasteiger partial charge in [-0.3, -0.25) is 8.78 Å². The quantitative estimate of drug-likeness (QED) is 0.147. The third kappa shape index (κ3) is 18.7. The summed E-state index contributed by atoms with van der Waals surface area (Å²) in [5, 5.41) is 0. The van der Waals surface area contributed by atoms with Gasteiger partial charge in [0.15, 0.2) is 0 Å². The van der Waals surface area contributed by atoms with Gasteiger partial charge in [-0.05, 0) is 43.7 Å². The minimum Gasteiger partial charge on any atom is -0.251 e. The molecule has 6 heteroatoms. The number of rotatable bonds is 19. The summed E-state index contributed by atoms with van der Waals surface area (Å²) in [5.41, 5.74) is 0. The normalized spacial score (nSPS) is 16.2. The van der Waals surface area contributed by atoms with Gasteiger partial charge in [-0.2, -0.15) is 0 Å². The molecule has 0 amide bonds. The van der Waals surface area contributed by atoms with Crippen LogP contribution in [0.4, 0.5) is 17.6 Å². The van der Waals surface area contributed by atoms with Crippen molar-refractivity contribution in [1.82, 2.24) is 0 Å². The van der Waals surface area contributed by atoms with Crippen LogP contribution in [-0.4, -0.2) is 44.7 Å². The number of hydrogen-bond acceptors (Lipinski definition) is 0. The Morgan fingerprint density at radius 2 is 1.16 bits per heavy atom. The third-order valence-electron chi connectivity index (χ3n) is 4.98. The second-order valence-electron chi connectivity index (χ2n) is 7.59. The summed E-state index contributed by atoms with van der Waals surface area (Å²) in [5.74, 6) is 0.667. The number of halogens is 4. The second kappa shape index (κ2) is 18.9. The van der Waals surface area contributed by atoms with Crippen molar-refractivity contribution in [3.8, 4) is 0 Å². The van der Waals surface area contributed by atoms with Crippen molar-refractivity contribution in [1.29, 1.82) is 0 Å². The Labute approximate surface area is 157 Å². The maximum absolute atomic E-state index is 13.7. The molecule has 0 aliphatic heterocycles. The number of alkyl halides is 4. The van der Waals surface area contributed by atoms with Crippen molar-refractivity contribution in [2.75, 3.05) is 13.3 Å². The first-order valence-electron chi connectivity index (χ1n) is 10.5. The van der Waals surface area contributed by atoms with Crippen LogP contribution in [0.2, 0.25) is 24.2 Å². The first kappa shape index (κ1) is 25.2. The van der Waals surface area contributed by atoms with E-state index < -0.39 is 12.3 Å². The Morgan fingerprint density at radius 1 is 0.640 bits per heavy atom. The SMILES string of the molecule is CC(CC[SiH2]CC(F)CCCCCF)C[SiH2]CC(F)CCCCCF. The number of unbranched alkanes of at least 4 members (excludes halogenated alkanes) is 4. The summed E-state index contributed by atoms with van der Waals surface area (Å²) in [4.78, 5) is 0. The van der Waals surface area contributed by atoms with Gasteiger partial charge in [-0.15, -0.1) is 0 Å². The fraction of sp³-hybridized carbons (Fsp3) is 1.00. The predicted octanol–water partition coefficient (Wildman–Crippen LogP) is 5.76. The molecule has 0 aromatic carbocycles. The Bertz CT molecular complexity index is 270. The highest BCUT2D eigenvalue weighted by molar-refractivity contribution is 6.36. The molecule has 0 aliphatic carbocycles. The van der Waals surface area contributed by atoms with Crippen LogP contribution < -0.4 is 0 Å². The summed E-state index contributed by atoms with van der Waals surface area (Å²) in [6, 6.07) is 3.93. The van der Waals surface area contributed by atoms with E-state index in [4.69, 9.17) is 0 Å². The van der Waals surface area contributed by atoms with Gasteiger partial charge in [0.1, 0.15) is 0 Å². The maximum atomic E-state index is 13.7. The van der Waals surface area contributed by atoms with Gasteiger partial charge in [0, 0.05) is 19.0 Å². The first-order valence-corrected chi connectivity index (χ1v) is 14.5. The summed E-state index contributed by atoms with van der Waals surface area (Å²) in [6.07, 6.45) is 5.47. The van der Waals surface area contributed by atoms with Crippen molar-refractivity contribution in [2.24, 2.45) is 5.92 Å². The summed E-state index contributed by atoms with van der Waals surface area (Å²) in [6.45, 7) is 1.68. The molecule has 0 aliphatic rings. The number of hydrogen-bond donors (Lipinski definition) is 0. The molecule has 0 fully saturated rings. The van der Waals surface area contributed by atoms with Crippen LogP contribution >= 0.6 is 0 Å². The molecule has 0 saturated carbocycles. The molecule has 0 aromatic heterocycles. The molecule has 0 heterocycles. The van der Waals surface area contributed by atoms with Crippen molar-refractivity contribution in [2.45, 2.75) is 101 Å². The van der Waals surface area contributed by atoms with Crippen molar-refractivity contribution in [3.63, 3.8) is 0 Å². The molecular weight excluding hydrogens is 360 g/mol. The van der Waals surface area contributed by atoms with Crippen LogP contribution in [0.25, 0.3) is 0 Å². The lowest BCUT2D eigenvalue weighted by molar-refractivity contribution is 0.325.